The summed E-state index contributed by atoms with van der Waals surface area (Å²) in [6, 6.07) is 0. The van der Waals surface area contributed by atoms with Gasteiger partial charge < -0.3 is 39.9 Å². The smallest absolute Gasteiger partial charge is 0.462 e. The molecule has 0 aliphatic heterocycles. The molecule has 0 aromatic carbocycles. The standard InChI is InChI=1S/C50H97O13P/c1-3-5-7-9-11-13-15-17-19-21-22-23-25-26-28-30-32-34-36-38-43(51)60-40-42(41-61-64(58,59)63-50-48(56)46(54)45(53)47(55)49(50)57)62-44(52)39-37-35-33-31-29-27-24-20-18-16-14-12-10-8-6-4-2/h42,45-50,53-57H,3-41H2,1-2H3,(H,58,59)/t42-,45?,46-,47?,48?,49?,50?/m0/s1. The summed E-state index contributed by atoms with van der Waals surface area (Å²) in [7, 11) is -5.11. The highest BCUT2D eigenvalue weighted by atomic mass is 31.2. The van der Waals surface area contributed by atoms with E-state index in [1.807, 2.05) is 0 Å². The van der Waals surface area contributed by atoms with Gasteiger partial charge in [0.2, 0.25) is 0 Å². The number of phosphoric ester groups is 1. The molecule has 0 saturated heterocycles. The van der Waals surface area contributed by atoms with Crippen molar-refractivity contribution in [3.63, 3.8) is 0 Å². The number of rotatable bonds is 45. The largest absolute Gasteiger partial charge is 0.472 e. The summed E-state index contributed by atoms with van der Waals surface area (Å²) < 4.78 is 33.7. The molecule has 1 fully saturated rings. The third-order valence-corrected chi connectivity index (χ3v) is 13.7. The second-order valence-electron chi connectivity index (χ2n) is 18.7. The molecular formula is C50H97O13P. The SMILES string of the molecule is CCCCCCCCCCCCCCCCCCCCCC(=O)OC[C@@H](COP(=O)(O)OC1C(O)C(O)C(O)[C@H](O)C1O)OC(=O)CCCCCCCCCCCCCCCCCC. The molecule has 0 radical (unpaired) electrons. The predicted octanol–water partition coefficient (Wildman–Crippen LogP) is 11.2. The van der Waals surface area contributed by atoms with E-state index in [1.165, 1.54) is 173 Å². The van der Waals surface area contributed by atoms with Crippen LogP contribution in [-0.4, -0.2) is 98.3 Å². The minimum absolute atomic E-state index is 0.105. The zero-order chi connectivity index (χ0) is 47.1. The molecule has 0 bridgehead atoms. The van der Waals surface area contributed by atoms with Crippen molar-refractivity contribution in [3.05, 3.63) is 0 Å². The maximum atomic E-state index is 12.8. The average Bonchev–Trinajstić information content (AvgIpc) is 3.28. The van der Waals surface area contributed by atoms with Crippen molar-refractivity contribution in [1.82, 2.24) is 0 Å². The number of phosphoric acid groups is 1. The highest BCUT2D eigenvalue weighted by molar-refractivity contribution is 7.47. The normalized spacial score (nSPS) is 21.4. The highest BCUT2D eigenvalue weighted by Crippen LogP contribution is 2.47. The Labute approximate surface area is 389 Å². The van der Waals surface area contributed by atoms with Crippen LogP contribution >= 0.6 is 7.82 Å². The van der Waals surface area contributed by atoms with Gasteiger partial charge >= 0.3 is 19.8 Å². The molecule has 14 heteroatoms. The van der Waals surface area contributed by atoms with Crippen molar-refractivity contribution >= 4 is 19.8 Å². The van der Waals surface area contributed by atoms with Crippen molar-refractivity contribution in [3.8, 4) is 0 Å². The van der Waals surface area contributed by atoms with E-state index in [1.54, 1.807) is 0 Å². The Kier molecular flexibility index (Phi) is 38.9. The molecule has 0 heterocycles. The van der Waals surface area contributed by atoms with Gasteiger partial charge in [-0.3, -0.25) is 18.6 Å². The minimum atomic E-state index is -5.11. The van der Waals surface area contributed by atoms with Gasteiger partial charge in [-0.15, -0.1) is 0 Å². The summed E-state index contributed by atoms with van der Waals surface area (Å²) in [6.45, 7) is 3.35. The summed E-state index contributed by atoms with van der Waals surface area (Å²) in [4.78, 5) is 35.8. The Balaban J connectivity index is 2.36. The zero-order valence-electron chi connectivity index (χ0n) is 40.6. The van der Waals surface area contributed by atoms with Gasteiger partial charge in [-0.1, -0.05) is 226 Å². The van der Waals surface area contributed by atoms with Gasteiger partial charge in [0.05, 0.1) is 6.61 Å². The average molecular weight is 937 g/mol. The van der Waals surface area contributed by atoms with Crippen LogP contribution in [0.2, 0.25) is 0 Å². The fourth-order valence-electron chi connectivity index (χ4n) is 8.47. The molecule has 1 saturated carbocycles. The third kappa shape index (κ3) is 32.5. The van der Waals surface area contributed by atoms with E-state index in [9.17, 15) is 44.6 Å². The Hall–Kier alpha value is -1.15. The van der Waals surface area contributed by atoms with Crippen LogP contribution in [0.25, 0.3) is 0 Å². The first-order valence-corrected chi connectivity index (χ1v) is 27.8. The van der Waals surface area contributed by atoms with Crippen LogP contribution in [0.4, 0.5) is 0 Å². The summed E-state index contributed by atoms with van der Waals surface area (Å²) in [5.41, 5.74) is 0. The maximum absolute atomic E-state index is 12.8. The van der Waals surface area contributed by atoms with E-state index in [0.717, 1.165) is 38.5 Å². The number of esters is 2. The van der Waals surface area contributed by atoms with Gasteiger partial charge in [0.1, 0.15) is 43.2 Å². The molecule has 8 atom stereocenters. The molecular weight excluding hydrogens is 840 g/mol. The minimum Gasteiger partial charge on any atom is -0.462 e. The van der Waals surface area contributed by atoms with E-state index in [4.69, 9.17) is 18.5 Å². The van der Waals surface area contributed by atoms with Crippen molar-refractivity contribution in [2.24, 2.45) is 0 Å². The molecule has 1 aliphatic carbocycles. The first-order chi connectivity index (χ1) is 30.9. The fraction of sp³-hybridized carbons (Fsp3) is 0.960. The lowest BCUT2D eigenvalue weighted by molar-refractivity contribution is -0.220. The van der Waals surface area contributed by atoms with Crippen LogP contribution in [0.1, 0.15) is 251 Å². The zero-order valence-corrected chi connectivity index (χ0v) is 41.5. The molecule has 0 aromatic rings. The number of carbonyl (C=O) groups is 2. The number of hydrogen-bond acceptors (Lipinski definition) is 12. The van der Waals surface area contributed by atoms with Gasteiger partial charge in [0.25, 0.3) is 0 Å². The molecule has 64 heavy (non-hydrogen) atoms. The van der Waals surface area contributed by atoms with Gasteiger partial charge in [0, 0.05) is 12.8 Å². The fourth-order valence-corrected chi connectivity index (χ4v) is 9.44. The van der Waals surface area contributed by atoms with E-state index >= 15 is 0 Å². The predicted molar refractivity (Wildman–Crippen MR) is 254 cm³/mol. The number of ether oxygens (including phenoxy) is 2. The molecule has 6 N–H and O–H groups in total. The molecule has 1 rings (SSSR count). The van der Waals surface area contributed by atoms with E-state index < -0.39 is 75.7 Å². The van der Waals surface area contributed by atoms with Gasteiger partial charge in [-0.05, 0) is 12.8 Å². The summed E-state index contributed by atoms with van der Waals surface area (Å²) in [5, 5.41) is 50.3. The Bertz CT molecular complexity index is 1130. The van der Waals surface area contributed by atoms with Gasteiger partial charge in [-0.25, -0.2) is 4.57 Å². The van der Waals surface area contributed by atoms with Crippen LogP contribution in [0.15, 0.2) is 0 Å². The van der Waals surface area contributed by atoms with Crippen LogP contribution in [0.5, 0.6) is 0 Å². The Morgan fingerprint density at radius 1 is 0.422 bits per heavy atom. The van der Waals surface area contributed by atoms with Crippen LogP contribution in [-0.2, 0) is 32.7 Å². The van der Waals surface area contributed by atoms with Crippen molar-refractivity contribution in [2.45, 2.75) is 294 Å². The lowest BCUT2D eigenvalue weighted by Crippen LogP contribution is -2.64. The first kappa shape index (κ1) is 60.9. The second-order valence-corrected chi connectivity index (χ2v) is 20.2. The first-order valence-electron chi connectivity index (χ1n) is 26.3. The van der Waals surface area contributed by atoms with Crippen LogP contribution in [0, 0.1) is 0 Å². The molecule has 1 aliphatic rings. The number of aliphatic hydroxyl groups is 5. The van der Waals surface area contributed by atoms with Crippen LogP contribution < -0.4 is 0 Å². The second kappa shape index (κ2) is 40.9. The Morgan fingerprint density at radius 3 is 1.03 bits per heavy atom. The van der Waals surface area contributed by atoms with Crippen molar-refractivity contribution in [1.29, 1.82) is 0 Å². The molecule has 0 aromatic heterocycles. The molecule has 0 amide bonds. The van der Waals surface area contributed by atoms with Crippen LogP contribution in [0.3, 0.4) is 0 Å². The Morgan fingerprint density at radius 2 is 0.703 bits per heavy atom. The summed E-state index contributed by atoms with van der Waals surface area (Å²) in [6.07, 6.45) is 30.1. The van der Waals surface area contributed by atoms with E-state index in [2.05, 4.69) is 13.8 Å². The monoisotopic (exact) mass is 937 g/mol. The molecule has 0 spiro atoms. The third-order valence-electron chi connectivity index (χ3n) is 12.7. The summed E-state index contributed by atoms with van der Waals surface area (Å²) >= 11 is 0. The number of carbonyl (C=O) groups excluding carboxylic acids is 2. The lowest BCUT2D eigenvalue weighted by atomic mass is 9.85. The van der Waals surface area contributed by atoms with E-state index in [0.29, 0.717) is 12.8 Å². The topological polar surface area (TPSA) is 210 Å². The van der Waals surface area contributed by atoms with E-state index in [-0.39, 0.29) is 12.8 Å². The molecule has 380 valence electrons. The van der Waals surface area contributed by atoms with Gasteiger partial charge in [0.15, 0.2) is 6.10 Å². The number of aliphatic hydroxyl groups excluding tert-OH is 5. The molecule has 13 nitrogen and oxygen atoms in total. The van der Waals surface area contributed by atoms with Gasteiger partial charge in [-0.2, -0.15) is 0 Å². The maximum Gasteiger partial charge on any atom is 0.472 e. The number of hydrogen-bond donors (Lipinski definition) is 6. The van der Waals surface area contributed by atoms with Crippen molar-refractivity contribution in [2.75, 3.05) is 13.2 Å². The molecule has 6 unspecified atom stereocenters. The quantitative estimate of drug-likeness (QED) is 0.0191. The highest BCUT2D eigenvalue weighted by Gasteiger charge is 2.51. The number of unbranched alkanes of at least 4 members (excludes halogenated alkanes) is 33. The van der Waals surface area contributed by atoms with Crippen molar-refractivity contribution < 1.29 is 63.1 Å². The lowest BCUT2D eigenvalue weighted by Gasteiger charge is -2.41. The summed E-state index contributed by atoms with van der Waals surface area (Å²) in [5.74, 6) is -1.08.